The Hall–Kier alpha value is -4.49. The smallest absolute Gasteiger partial charge is 0.255 e. The summed E-state index contributed by atoms with van der Waals surface area (Å²) in [4.78, 5) is 34.7. The average molecular weight is 564 g/mol. The van der Waals surface area contributed by atoms with E-state index in [1.807, 2.05) is 65.6 Å². The van der Waals surface area contributed by atoms with Crippen molar-refractivity contribution in [1.29, 1.82) is 0 Å². The van der Waals surface area contributed by atoms with Crippen LogP contribution in [0, 0.1) is 5.82 Å². The molecule has 0 radical (unpaired) electrons. The van der Waals surface area contributed by atoms with Gasteiger partial charge in [-0.3, -0.25) is 14.5 Å². The molecule has 7 heteroatoms. The van der Waals surface area contributed by atoms with Crippen LogP contribution < -0.4 is 4.74 Å². The van der Waals surface area contributed by atoms with Crippen molar-refractivity contribution < 1.29 is 18.7 Å². The summed E-state index contributed by atoms with van der Waals surface area (Å²) < 4.78 is 19.1. The molecule has 0 N–H and O–H groups in total. The molecule has 4 aromatic carbocycles. The van der Waals surface area contributed by atoms with Crippen molar-refractivity contribution in [2.24, 2.45) is 0 Å². The van der Waals surface area contributed by atoms with E-state index < -0.39 is 12.0 Å². The largest absolute Gasteiger partial charge is 0.497 e. The van der Waals surface area contributed by atoms with Crippen molar-refractivity contribution in [2.45, 2.75) is 25.0 Å². The van der Waals surface area contributed by atoms with Gasteiger partial charge in [0.1, 0.15) is 11.6 Å². The van der Waals surface area contributed by atoms with E-state index in [0.29, 0.717) is 24.4 Å². The van der Waals surface area contributed by atoms with Crippen molar-refractivity contribution in [3.63, 3.8) is 0 Å². The maximum absolute atomic E-state index is 14.5. The van der Waals surface area contributed by atoms with Gasteiger partial charge in [-0.1, -0.05) is 72.8 Å². The van der Waals surface area contributed by atoms with Gasteiger partial charge in [-0.15, -0.1) is 0 Å². The van der Waals surface area contributed by atoms with Gasteiger partial charge in [0.2, 0.25) is 5.91 Å². The highest BCUT2D eigenvalue weighted by Gasteiger charge is 2.45. The summed E-state index contributed by atoms with van der Waals surface area (Å²) in [6.07, 6.45) is 0. The van der Waals surface area contributed by atoms with Crippen molar-refractivity contribution in [2.75, 3.05) is 33.3 Å². The highest BCUT2D eigenvalue weighted by Crippen LogP contribution is 2.45. The van der Waals surface area contributed by atoms with Crippen molar-refractivity contribution in [1.82, 2.24) is 14.7 Å². The second-order valence-corrected chi connectivity index (χ2v) is 10.9. The van der Waals surface area contributed by atoms with Gasteiger partial charge in [0, 0.05) is 44.8 Å². The zero-order valence-corrected chi connectivity index (χ0v) is 23.7. The Kier molecular flexibility index (Phi) is 8.02. The van der Waals surface area contributed by atoms with Crippen molar-refractivity contribution in [3.8, 4) is 5.75 Å². The number of piperazine rings is 1. The van der Waals surface area contributed by atoms with Gasteiger partial charge in [-0.05, 0) is 52.6 Å². The van der Waals surface area contributed by atoms with Crippen LogP contribution in [0.1, 0.15) is 44.6 Å². The highest BCUT2D eigenvalue weighted by molar-refractivity contribution is 6.01. The van der Waals surface area contributed by atoms with E-state index in [2.05, 4.69) is 17.0 Å². The van der Waals surface area contributed by atoms with Crippen molar-refractivity contribution >= 4 is 11.8 Å². The zero-order chi connectivity index (χ0) is 29.1. The molecule has 2 heterocycles. The van der Waals surface area contributed by atoms with E-state index in [-0.39, 0.29) is 24.2 Å². The minimum absolute atomic E-state index is 0.0132. The summed E-state index contributed by atoms with van der Waals surface area (Å²) in [6, 6.07) is 31.0. The molecular weight excluding hydrogens is 529 g/mol. The summed E-state index contributed by atoms with van der Waals surface area (Å²) in [6.45, 7) is 3.89. The normalized spacial score (nSPS) is 19.0. The third kappa shape index (κ3) is 5.65. The first-order valence-electron chi connectivity index (χ1n) is 14.3. The summed E-state index contributed by atoms with van der Waals surface area (Å²) in [5, 5.41) is 0. The molecule has 4 aromatic rings. The molecule has 2 atom stereocenters. The van der Waals surface area contributed by atoms with E-state index in [4.69, 9.17) is 4.74 Å². The SMILES string of the molecule is COc1ccc([C@H]2[C@H](C(=O)N3CCN(Cc4ccccc4)CC3)c3ccccc3C(=O)N2Cc2ccc(F)cc2)cc1. The molecule has 0 aliphatic carbocycles. The Morgan fingerprint density at radius 2 is 1.43 bits per heavy atom. The van der Waals surface area contributed by atoms with Gasteiger partial charge in [-0.2, -0.15) is 0 Å². The molecule has 0 bridgehead atoms. The molecule has 6 nitrogen and oxygen atoms in total. The third-order valence-electron chi connectivity index (χ3n) is 8.36. The number of carbonyl (C=O) groups is 2. The lowest BCUT2D eigenvalue weighted by atomic mass is 9.78. The lowest BCUT2D eigenvalue weighted by molar-refractivity contribution is -0.136. The second-order valence-electron chi connectivity index (χ2n) is 10.9. The summed E-state index contributed by atoms with van der Waals surface area (Å²) in [7, 11) is 1.61. The number of hydrogen-bond donors (Lipinski definition) is 0. The number of ether oxygens (including phenoxy) is 1. The molecule has 6 rings (SSSR count). The molecule has 2 aliphatic heterocycles. The zero-order valence-electron chi connectivity index (χ0n) is 23.7. The first-order chi connectivity index (χ1) is 20.5. The predicted octanol–water partition coefficient (Wildman–Crippen LogP) is 5.66. The molecule has 42 heavy (non-hydrogen) atoms. The molecule has 0 saturated carbocycles. The maximum atomic E-state index is 14.5. The number of halogens is 1. The van der Waals surface area contributed by atoms with Crippen LogP contribution in [0.25, 0.3) is 0 Å². The number of benzene rings is 4. The minimum atomic E-state index is -0.589. The van der Waals surface area contributed by atoms with Gasteiger partial charge in [0.15, 0.2) is 0 Å². The van der Waals surface area contributed by atoms with Gasteiger partial charge in [-0.25, -0.2) is 4.39 Å². The topological polar surface area (TPSA) is 53.1 Å². The van der Waals surface area contributed by atoms with Gasteiger partial charge in [0.25, 0.3) is 5.91 Å². The summed E-state index contributed by atoms with van der Waals surface area (Å²) in [5.74, 6) is -0.357. The average Bonchev–Trinajstić information content (AvgIpc) is 3.04. The molecule has 2 amide bonds. The number of amides is 2. The van der Waals surface area contributed by atoms with Crippen molar-refractivity contribution in [3.05, 3.63) is 137 Å². The van der Waals surface area contributed by atoms with Crippen LogP contribution in [-0.4, -0.2) is 59.8 Å². The molecule has 0 aromatic heterocycles. The molecule has 0 spiro atoms. The third-order valence-corrected chi connectivity index (χ3v) is 8.36. The Bertz CT molecular complexity index is 1530. The molecular formula is C35H34FN3O3. The number of hydrogen-bond acceptors (Lipinski definition) is 4. The lowest BCUT2D eigenvalue weighted by Crippen LogP contribution is -2.53. The number of fused-ring (bicyclic) bond motifs is 1. The summed E-state index contributed by atoms with van der Waals surface area (Å²) in [5.41, 5.74) is 4.18. The van der Waals surface area contributed by atoms with Gasteiger partial charge < -0.3 is 14.5 Å². The Morgan fingerprint density at radius 1 is 0.786 bits per heavy atom. The number of rotatable bonds is 7. The molecule has 2 aliphatic rings. The molecule has 214 valence electrons. The first kappa shape index (κ1) is 27.7. The molecule has 0 unspecified atom stereocenters. The van der Waals surface area contributed by atoms with Crippen LogP contribution in [0.4, 0.5) is 4.39 Å². The van der Waals surface area contributed by atoms with E-state index in [1.165, 1.54) is 17.7 Å². The molecule has 1 saturated heterocycles. The van der Waals surface area contributed by atoms with E-state index >= 15 is 0 Å². The van der Waals surface area contributed by atoms with Crippen LogP contribution in [-0.2, 0) is 17.9 Å². The van der Waals surface area contributed by atoms with E-state index in [9.17, 15) is 14.0 Å². The number of carbonyl (C=O) groups excluding carboxylic acids is 2. The van der Waals surface area contributed by atoms with Gasteiger partial charge in [0.05, 0.1) is 19.1 Å². The van der Waals surface area contributed by atoms with E-state index in [1.54, 1.807) is 30.2 Å². The van der Waals surface area contributed by atoms with Gasteiger partial charge >= 0.3 is 0 Å². The van der Waals surface area contributed by atoms with Crippen LogP contribution in [0.2, 0.25) is 0 Å². The quantitative estimate of drug-likeness (QED) is 0.291. The molecule has 1 fully saturated rings. The fourth-order valence-corrected chi connectivity index (χ4v) is 6.16. The van der Waals surface area contributed by atoms with Crippen LogP contribution >= 0.6 is 0 Å². The Balaban J connectivity index is 1.34. The Morgan fingerprint density at radius 3 is 2.12 bits per heavy atom. The maximum Gasteiger partial charge on any atom is 0.255 e. The van der Waals surface area contributed by atoms with Crippen LogP contribution in [0.15, 0.2) is 103 Å². The van der Waals surface area contributed by atoms with E-state index in [0.717, 1.165) is 36.3 Å². The fourth-order valence-electron chi connectivity index (χ4n) is 6.16. The summed E-state index contributed by atoms with van der Waals surface area (Å²) >= 11 is 0. The monoisotopic (exact) mass is 563 g/mol. The first-order valence-corrected chi connectivity index (χ1v) is 14.3. The number of methoxy groups -OCH3 is 1. The lowest BCUT2D eigenvalue weighted by Gasteiger charge is -2.44. The highest BCUT2D eigenvalue weighted by atomic mass is 19.1. The Labute approximate surface area is 245 Å². The number of nitrogens with zero attached hydrogens (tertiary/aromatic N) is 3. The van der Waals surface area contributed by atoms with Crippen LogP contribution in [0.3, 0.4) is 0 Å². The second kappa shape index (κ2) is 12.2. The fraction of sp³-hybridized carbons (Fsp3) is 0.257. The van der Waals surface area contributed by atoms with Crippen LogP contribution in [0.5, 0.6) is 5.75 Å². The minimum Gasteiger partial charge on any atom is -0.497 e. The standard InChI is InChI=1S/C35H34FN3O3/c1-42-29-17-13-27(14-18-29)33-32(35(41)38-21-19-37(20-22-38)23-25-7-3-2-4-8-25)30-9-5-6-10-31(30)34(40)39(33)24-26-11-15-28(36)16-12-26/h2-18,32-33H,19-24H2,1H3/t32-,33+/m1/s1. The predicted molar refractivity (Wildman–Crippen MR) is 159 cm³/mol.